The Morgan fingerprint density at radius 3 is 1.98 bits per heavy atom. The predicted molar refractivity (Wildman–Crippen MR) is 156 cm³/mol. The molecule has 2 aromatic carbocycles. The van der Waals surface area contributed by atoms with Gasteiger partial charge >= 0.3 is 6.09 Å². The summed E-state index contributed by atoms with van der Waals surface area (Å²) < 4.78 is 5.25. The lowest BCUT2D eigenvalue weighted by atomic mass is 10.1. The summed E-state index contributed by atoms with van der Waals surface area (Å²) in [4.78, 5) is 62.5. The molecule has 0 radical (unpaired) electrons. The molecular weight excluding hydrogens is 524 g/mol. The molecule has 0 spiro atoms. The summed E-state index contributed by atoms with van der Waals surface area (Å²) in [7, 11) is 0. The van der Waals surface area contributed by atoms with Crippen molar-refractivity contribution in [3.8, 4) is 0 Å². The molecule has 0 bridgehead atoms. The summed E-state index contributed by atoms with van der Waals surface area (Å²) in [6.45, 7) is 5.70. The first-order valence-corrected chi connectivity index (χ1v) is 14.2. The minimum absolute atomic E-state index is 0.0251. The van der Waals surface area contributed by atoms with E-state index in [1.165, 1.54) is 6.42 Å². The third-order valence-corrected chi connectivity index (χ3v) is 5.89. The van der Waals surface area contributed by atoms with E-state index in [2.05, 4.69) is 35.1 Å². The van der Waals surface area contributed by atoms with Crippen LogP contribution < -0.4 is 21.3 Å². The topological polar surface area (TPSA) is 143 Å². The number of nitrogens with one attached hydrogen (secondary N) is 4. The molecule has 0 heterocycles. The van der Waals surface area contributed by atoms with Crippen molar-refractivity contribution >= 4 is 29.6 Å². The second-order valence-electron chi connectivity index (χ2n) is 9.89. The Kier molecular flexibility index (Phi) is 14.6. The van der Waals surface area contributed by atoms with Crippen LogP contribution in [0.4, 0.5) is 4.79 Å². The van der Waals surface area contributed by atoms with Gasteiger partial charge in [-0.05, 0) is 30.4 Å². The zero-order valence-electron chi connectivity index (χ0n) is 24.1. The van der Waals surface area contributed by atoms with Gasteiger partial charge < -0.3 is 26.0 Å². The molecule has 2 atom stereocenters. The number of ether oxygens (including phenoxy) is 1. The first-order valence-electron chi connectivity index (χ1n) is 14.2. The van der Waals surface area contributed by atoms with Crippen molar-refractivity contribution in [1.82, 2.24) is 21.3 Å². The molecule has 10 heteroatoms. The van der Waals surface area contributed by atoms with Gasteiger partial charge in [0.05, 0.1) is 12.6 Å². The molecule has 0 aliphatic heterocycles. The number of benzene rings is 2. The Morgan fingerprint density at radius 2 is 1.41 bits per heavy atom. The number of hydrogen-bond donors (Lipinski definition) is 4. The Bertz CT molecular complexity index is 1120. The average molecular weight is 567 g/mol. The Morgan fingerprint density at radius 1 is 0.829 bits per heavy atom. The van der Waals surface area contributed by atoms with Crippen LogP contribution in [-0.2, 0) is 36.9 Å². The van der Waals surface area contributed by atoms with Crippen LogP contribution in [-0.4, -0.2) is 54.3 Å². The number of Topliss-reactive ketones (excluding diaryl/α,β-unsaturated/α-hetero) is 1. The van der Waals surface area contributed by atoms with Crippen LogP contribution in [0.3, 0.4) is 0 Å². The molecule has 2 aromatic rings. The van der Waals surface area contributed by atoms with Crippen molar-refractivity contribution < 1.29 is 28.7 Å². The number of ketones is 1. The molecule has 1 saturated carbocycles. The molecular formula is C31H42N4O6. The fraction of sp³-hybridized carbons (Fsp3) is 0.452. The number of rotatable bonds is 14. The molecule has 4 N–H and O–H groups in total. The van der Waals surface area contributed by atoms with Crippen LogP contribution in [0.5, 0.6) is 0 Å². The van der Waals surface area contributed by atoms with E-state index in [-0.39, 0.29) is 19.1 Å². The number of alkyl carbamates (subject to hydrolysis) is 1. The number of carbonyl (C=O) groups is 5. The van der Waals surface area contributed by atoms with Gasteiger partial charge in [-0.1, -0.05) is 94.3 Å². The van der Waals surface area contributed by atoms with Gasteiger partial charge in [0.2, 0.25) is 17.6 Å². The lowest BCUT2D eigenvalue weighted by Crippen LogP contribution is -2.53. The van der Waals surface area contributed by atoms with Gasteiger partial charge in [-0.15, -0.1) is 0 Å². The van der Waals surface area contributed by atoms with Crippen molar-refractivity contribution in [2.75, 3.05) is 6.54 Å². The van der Waals surface area contributed by atoms with Crippen molar-refractivity contribution in [2.45, 2.75) is 84.0 Å². The summed E-state index contributed by atoms with van der Waals surface area (Å²) in [5.41, 5.74) is 1.60. The molecule has 1 unspecified atom stereocenters. The van der Waals surface area contributed by atoms with E-state index < -0.39 is 48.2 Å². The second kappa shape index (κ2) is 18.2. The molecule has 1 fully saturated rings. The maximum Gasteiger partial charge on any atom is 0.408 e. The Labute approximate surface area is 242 Å². The fourth-order valence-corrected chi connectivity index (χ4v) is 3.70. The predicted octanol–water partition coefficient (Wildman–Crippen LogP) is 3.19. The van der Waals surface area contributed by atoms with Gasteiger partial charge in [0.1, 0.15) is 12.6 Å². The maximum absolute atomic E-state index is 13.0. The largest absolute Gasteiger partial charge is 0.445 e. The quantitative estimate of drug-likeness (QED) is 0.259. The van der Waals surface area contributed by atoms with Crippen LogP contribution in [0, 0.1) is 0 Å². The second-order valence-corrected chi connectivity index (χ2v) is 9.89. The zero-order valence-corrected chi connectivity index (χ0v) is 24.1. The first-order chi connectivity index (χ1) is 19.8. The summed E-state index contributed by atoms with van der Waals surface area (Å²) in [6.07, 6.45) is 3.20. The van der Waals surface area contributed by atoms with Gasteiger partial charge in [0.15, 0.2) is 0 Å². The molecule has 10 nitrogen and oxygen atoms in total. The molecule has 3 rings (SSSR count). The van der Waals surface area contributed by atoms with Gasteiger partial charge in [-0.3, -0.25) is 19.2 Å². The molecule has 1 aliphatic carbocycles. The SMILES string of the molecule is CCC.CCCC(NC(=O)CNC(=O)[C@H](Cc1ccccc1)NC(=O)OCc1ccccc1)C(=O)C(=O)NC1CC1. The normalized spacial score (nSPS) is 13.3. The molecule has 41 heavy (non-hydrogen) atoms. The monoisotopic (exact) mass is 566 g/mol. The smallest absolute Gasteiger partial charge is 0.408 e. The highest BCUT2D eigenvalue weighted by atomic mass is 16.5. The van der Waals surface area contributed by atoms with E-state index >= 15 is 0 Å². The van der Waals surface area contributed by atoms with Crippen LogP contribution in [0.15, 0.2) is 60.7 Å². The van der Waals surface area contributed by atoms with Crippen LogP contribution >= 0.6 is 0 Å². The van der Waals surface area contributed by atoms with E-state index in [0.29, 0.717) is 12.8 Å². The van der Waals surface area contributed by atoms with E-state index in [1.54, 1.807) is 0 Å². The average Bonchev–Trinajstić information content (AvgIpc) is 3.79. The van der Waals surface area contributed by atoms with Gasteiger partial charge in [0.25, 0.3) is 5.91 Å². The van der Waals surface area contributed by atoms with Gasteiger partial charge in [0, 0.05) is 12.5 Å². The van der Waals surface area contributed by atoms with E-state index in [9.17, 15) is 24.0 Å². The Hall–Kier alpha value is -4.21. The Balaban J connectivity index is 0.00000187. The highest BCUT2D eigenvalue weighted by Gasteiger charge is 2.31. The van der Waals surface area contributed by atoms with Crippen LogP contribution in [0.1, 0.15) is 64.0 Å². The highest BCUT2D eigenvalue weighted by Crippen LogP contribution is 2.18. The minimum Gasteiger partial charge on any atom is -0.445 e. The molecule has 0 aromatic heterocycles. The third-order valence-electron chi connectivity index (χ3n) is 5.89. The summed E-state index contributed by atoms with van der Waals surface area (Å²) in [5, 5.41) is 10.2. The van der Waals surface area contributed by atoms with Crippen molar-refractivity contribution in [3.63, 3.8) is 0 Å². The molecule has 0 saturated heterocycles. The summed E-state index contributed by atoms with van der Waals surface area (Å²) >= 11 is 0. The highest BCUT2D eigenvalue weighted by molar-refractivity contribution is 6.38. The first kappa shape index (κ1) is 33.0. The van der Waals surface area contributed by atoms with Crippen molar-refractivity contribution in [2.24, 2.45) is 0 Å². The molecule has 222 valence electrons. The summed E-state index contributed by atoms with van der Waals surface area (Å²) in [6, 6.07) is 16.3. The van der Waals surface area contributed by atoms with E-state index in [4.69, 9.17) is 4.74 Å². The maximum atomic E-state index is 13.0. The number of hydrogen-bond acceptors (Lipinski definition) is 6. The van der Waals surface area contributed by atoms with Crippen LogP contribution in [0.2, 0.25) is 0 Å². The lowest BCUT2D eigenvalue weighted by molar-refractivity contribution is -0.140. The fourth-order valence-electron chi connectivity index (χ4n) is 3.70. The van der Waals surface area contributed by atoms with Gasteiger partial charge in [-0.25, -0.2) is 4.79 Å². The van der Waals surface area contributed by atoms with E-state index in [0.717, 1.165) is 24.0 Å². The van der Waals surface area contributed by atoms with E-state index in [1.807, 2.05) is 67.6 Å². The standard InChI is InChI=1S/C28H34N4O6.C3H8/c1-2-9-22(25(34)27(36)30-21-14-15-21)31-24(33)17-29-26(35)23(16-19-10-5-3-6-11-19)32-28(37)38-18-20-12-7-4-8-13-20;1-3-2/h3-8,10-13,21-23H,2,9,14-18H2,1H3,(H,29,35)(H,30,36)(H,31,33)(H,32,37);3H2,1-2H3/t22?,23-;/m0./s1. The van der Waals surface area contributed by atoms with Crippen molar-refractivity contribution in [3.05, 3.63) is 71.8 Å². The molecule has 4 amide bonds. The van der Waals surface area contributed by atoms with Gasteiger partial charge in [-0.2, -0.15) is 0 Å². The van der Waals surface area contributed by atoms with Crippen molar-refractivity contribution in [1.29, 1.82) is 0 Å². The number of carbonyl (C=O) groups excluding carboxylic acids is 5. The van der Waals surface area contributed by atoms with Crippen LogP contribution in [0.25, 0.3) is 0 Å². The summed E-state index contributed by atoms with van der Waals surface area (Å²) in [5.74, 6) is -2.63. The number of amides is 4. The minimum atomic E-state index is -1.01. The zero-order chi connectivity index (χ0) is 30.0. The molecule has 1 aliphatic rings. The third kappa shape index (κ3) is 13.1. The lowest BCUT2D eigenvalue weighted by Gasteiger charge is -2.20.